The lowest BCUT2D eigenvalue weighted by atomic mass is 10.1. The van der Waals surface area contributed by atoms with E-state index in [1.807, 2.05) is 0 Å². The summed E-state index contributed by atoms with van der Waals surface area (Å²) in [4.78, 5) is 39.5. The Balaban J connectivity index is 1.42. The minimum Gasteiger partial charge on any atom is -0.497 e. The molecule has 9 nitrogen and oxygen atoms in total. The molecule has 3 amide bonds. The van der Waals surface area contributed by atoms with Crippen LogP contribution in [0.5, 0.6) is 11.5 Å². The van der Waals surface area contributed by atoms with Crippen molar-refractivity contribution in [2.24, 2.45) is 0 Å². The zero-order valence-corrected chi connectivity index (χ0v) is 23.3. The first kappa shape index (κ1) is 28.4. The van der Waals surface area contributed by atoms with Gasteiger partial charge in [0.15, 0.2) is 11.7 Å². The molecule has 0 bridgehead atoms. The second-order valence-electron chi connectivity index (χ2n) is 8.11. The largest absolute Gasteiger partial charge is 0.497 e. The van der Waals surface area contributed by atoms with Crippen molar-refractivity contribution in [3.8, 4) is 11.5 Å². The van der Waals surface area contributed by atoms with Gasteiger partial charge in [0.25, 0.3) is 17.7 Å². The van der Waals surface area contributed by atoms with E-state index in [1.54, 1.807) is 72.8 Å². The van der Waals surface area contributed by atoms with Crippen molar-refractivity contribution >= 4 is 81.2 Å². The third-order valence-corrected chi connectivity index (χ3v) is 6.40. The average molecular weight is 608 g/mol. The molecule has 1 aliphatic rings. The number of nitrogens with zero attached hydrogens (tertiary/aromatic N) is 1. The van der Waals surface area contributed by atoms with Crippen molar-refractivity contribution in [1.82, 2.24) is 10.6 Å². The van der Waals surface area contributed by atoms with Gasteiger partial charge in [0.2, 0.25) is 3.79 Å². The monoisotopic (exact) mass is 606 g/mol. The van der Waals surface area contributed by atoms with E-state index in [2.05, 4.69) is 16.0 Å². The molecule has 0 saturated carbocycles. The van der Waals surface area contributed by atoms with E-state index in [4.69, 9.17) is 56.5 Å². The molecule has 1 aliphatic heterocycles. The number of amides is 3. The van der Waals surface area contributed by atoms with Crippen LogP contribution in [0.3, 0.4) is 0 Å². The van der Waals surface area contributed by atoms with Crippen molar-refractivity contribution in [2.75, 3.05) is 23.9 Å². The summed E-state index contributed by atoms with van der Waals surface area (Å²) in [6, 6.07) is 19.8. The van der Waals surface area contributed by atoms with E-state index < -0.39 is 27.7 Å². The molecular formula is C26H21Cl3N4O5S. The molecule has 0 saturated heterocycles. The maximum Gasteiger partial charge on any atom is 0.266 e. The number of thiocarbonyl (C=S) groups is 1. The first-order valence-corrected chi connectivity index (χ1v) is 12.9. The number of methoxy groups -OCH3 is 1. The number of imide groups is 1. The van der Waals surface area contributed by atoms with Gasteiger partial charge in [0, 0.05) is 0 Å². The maximum absolute atomic E-state index is 13.0. The van der Waals surface area contributed by atoms with E-state index in [1.165, 1.54) is 7.11 Å². The zero-order chi connectivity index (χ0) is 28.2. The average Bonchev–Trinajstić information content (AvgIpc) is 3.17. The Morgan fingerprint density at radius 2 is 1.46 bits per heavy atom. The normalized spacial score (nSPS) is 13.4. The van der Waals surface area contributed by atoms with Crippen LogP contribution in [0.2, 0.25) is 0 Å². The van der Waals surface area contributed by atoms with Gasteiger partial charge in [0.1, 0.15) is 17.7 Å². The molecule has 0 spiro atoms. The van der Waals surface area contributed by atoms with E-state index in [-0.39, 0.29) is 17.4 Å². The summed E-state index contributed by atoms with van der Waals surface area (Å²) in [5.74, 6) is -0.452. The van der Waals surface area contributed by atoms with Gasteiger partial charge in [-0.2, -0.15) is 0 Å². The molecule has 39 heavy (non-hydrogen) atoms. The molecule has 0 fully saturated rings. The number of nitrogens with one attached hydrogen (secondary N) is 3. The van der Waals surface area contributed by atoms with Crippen molar-refractivity contribution in [3.63, 3.8) is 0 Å². The fourth-order valence-electron chi connectivity index (χ4n) is 3.70. The van der Waals surface area contributed by atoms with Crippen molar-refractivity contribution in [2.45, 2.75) is 9.96 Å². The summed E-state index contributed by atoms with van der Waals surface area (Å²) < 4.78 is 8.53. The van der Waals surface area contributed by atoms with Gasteiger partial charge in [-0.05, 0) is 60.7 Å². The fourth-order valence-corrected chi connectivity index (χ4v) is 4.25. The van der Waals surface area contributed by atoms with Crippen LogP contribution in [-0.4, -0.2) is 46.5 Å². The molecule has 3 N–H and O–H groups in total. The maximum atomic E-state index is 13.0. The summed E-state index contributed by atoms with van der Waals surface area (Å²) in [5.41, 5.74) is 1.21. The van der Waals surface area contributed by atoms with Crippen LogP contribution < -0.4 is 30.3 Å². The smallest absolute Gasteiger partial charge is 0.266 e. The number of benzene rings is 3. The zero-order valence-electron chi connectivity index (χ0n) is 20.2. The molecule has 3 aromatic rings. The van der Waals surface area contributed by atoms with E-state index in [0.29, 0.717) is 28.3 Å². The molecular weight excluding hydrogens is 587 g/mol. The van der Waals surface area contributed by atoms with E-state index in [0.717, 1.165) is 4.90 Å². The highest BCUT2D eigenvalue weighted by Crippen LogP contribution is 2.34. The van der Waals surface area contributed by atoms with Gasteiger partial charge in [-0.15, -0.1) is 0 Å². The molecule has 1 atom stereocenters. The SMILES string of the molecule is COc1ccc(OCC(=O)N[C@H](NC(=S)Nc2ccccc2N2C(=O)c3ccccc3C2=O)C(Cl)(Cl)Cl)cc1. The van der Waals surface area contributed by atoms with E-state index >= 15 is 0 Å². The van der Waals surface area contributed by atoms with Crippen LogP contribution in [0.1, 0.15) is 20.7 Å². The van der Waals surface area contributed by atoms with Crippen molar-refractivity contribution in [3.05, 3.63) is 83.9 Å². The fraction of sp³-hybridized carbons (Fsp3) is 0.154. The number of hydrogen-bond donors (Lipinski definition) is 3. The molecule has 0 unspecified atom stereocenters. The number of alkyl halides is 3. The standard InChI is InChI=1S/C26H21Cl3N4O5S/c1-37-15-10-12-16(13-11-15)38-14-21(34)31-24(26(27,28)29)32-25(39)30-19-8-4-5-9-20(19)33-22(35)17-6-2-3-7-18(17)23(33)36/h2-13,24H,14H2,1H3,(H,31,34)(H2,30,32,39)/t24-/m1/s1. The van der Waals surface area contributed by atoms with Crippen molar-refractivity contribution in [1.29, 1.82) is 0 Å². The third kappa shape index (κ3) is 6.72. The van der Waals surface area contributed by atoms with Crippen LogP contribution in [0, 0.1) is 0 Å². The van der Waals surface area contributed by atoms with Gasteiger partial charge in [0.05, 0.1) is 29.6 Å². The van der Waals surface area contributed by atoms with Crippen LogP contribution in [0.15, 0.2) is 72.8 Å². The second-order valence-corrected chi connectivity index (χ2v) is 10.9. The Kier molecular flexibility index (Phi) is 8.81. The Morgan fingerprint density at radius 3 is 2.05 bits per heavy atom. The number of para-hydroxylation sites is 2. The highest BCUT2D eigenvalue weighted by molar-refractivity contribution is 7.80. The van der Waals surface area contributed by atoms with Gasteiger partial charge in [-0.3, -0.25) is 14.4 Å². The summed E-state index contributed by atoms with van der Waals surface area (Å²) >= 11 is 23.6. The molecule has 0 aliphatic carbocycles. The number of rotatable bonds is 8. The molecule has 0 radical (unpaired) electrons. The van der Waals surface area contributed by atoms with Crippen LogP contribution in [0.25, 0.3) is 0 Å². The van der Waals surface area contributed by atoms with Gasteiger partial charge in [-0.1, -0.05) is 59.1 Å². The first-order chi connectivity index (χ1) is 18.6. The minimum atomic E-state index is -2.01. The number of carbonyl (C=O) groups excluding carboxylic acids is 3. The summed E-state index contributed by atoms with van der Waals surface area (Å²) in [5, 5.41) is 8.11. The topological polar surface area (TPSA) is 109 Å². The second kappa shape index (κ2) is 12.1. The number of anilines is 2. The minimum absolute atomic E-state index is 0.0493. The Labute approximate surface area is 244 Å². The predicted molar refractivity (Wildman–Crippen MR) is 154 cm³/mol. The summed E-state index contributed by atoms with van der Waals surface area (Å²) in [7, 11) is 1.54. The Morgan fingerprint density at radius 1 is 0.897 bits per heavy atom. The number of hydrogen-bond acceptors (Lipinski definition) is 6. The number of ether oxygens (including phenoxy) is 2. The molecule has 13 heteroatoms. The molecule has 4 rings (SSSR count). The molecule has 202 valence electrons. The van der Waals surface area contributed by atoms with Crippen LogP contribution in [-0.2, 0) is 4.79 Å². The number of halogens is 3. The summed E-state index contributed by atoms with van der Waals surface area (Å²) in [6.45, 7) is -0.367. The van der Waals surface area contributed by atoms with Crippen molar-refractivity contribution < 1.29 is 23.9 Å². The lowest BCUT2D eigenvalue weighted by Crippen LogP contribution is -2.57. The first-order valence-electron chi connectivity index (χ1n) is 11.4. The molecule has 1 heterocycles. The highest BCUT2D eigenvalue weighted by atomic mass is 35.6. The Bertz CT molecular complexity index is 1380. The Hall–Kier alpha value is -3.57. The summed E-state index contributed by atoms with van der Waals surface area (Å²) in [6.07, 6.45) is -1.26. The molecule has 0 aromatic heterocycles. The molecule has 3 aromatic carbocycles. The lowest BCUT2D eigenvalue weighted by Gasteiger charge is -2.28. The quantitative estimate of drug-likeness (QED) is 0.147. The highest BCUT2D eigenvalue weighted by Gasteiger charge is 2.38. The third-order valence-electron chi connectivity index (χ3n) is 5.52. The number of fused-ring (bicyclic) bond motifs is 1. The lowest BCUT2D eigenvalue weighted by molar-refractivity contribution is -0.123. The van der Waals surface area contributed by atoms with Gasteiger partial charge >= 0.3 is 0 Å². The van der Waals surface area contributed by atoms with Gasteiger partial charge in [-0.25, -0.2) is 4.90 Å². The van der Waals surface area contributed by atoms with Gasteiger partial charge < -0.3 is 25.4 Å². The predicted octanol–water partition coefficient (Wildman–Crippen LogP) is 4.67. The van der Waals surface area contributed by atoms with Crippen LogP contribution >= 0.6 is 47.0 Å². The van der Waals surface area contributed by atoms with E-state index in [9.17, 15) is 14.4 Å². The number of carbonyl (C=O) groups is 3. The van der Waals surface area contributed by atoms with Crippen LogP contribution in [0.4, 0.5) is 11.4 Å².